The Labute approximate surface area is 174 Å². The third-order valence-corrected chi connectivity index (χ3v) is 7.68. The third kappa shape index (κ3) is 4.87. The van der Waals surface area contributed by atoms with E-state index in [4.69, 9.17) is 0 Å². The average molecular weight is 415 g/mol. The van der Waals surface area contributed by atoms with E-state index in [-0.39, 0.29) is 16.8 Å². The van der Waals surface area contributed by atoms with Gasteiger partial charge in [-0.3, -0.25) is 4.79 Å². The molecule has 0 aromatic heterocycles. The van der Waals surface area contributed by atoms with Crippen LogP contribution in [0, 0.1) is 0 Å². The van der Waals surface area contributed by atoms with Gasteiger partial charge in [0.2, 0.25) is 10.0 Å². The highest BCUT2D eigenvalue weighted by atomic mass is 32.2. The van der Waals surface area contributed by atoms with Gasteiger partial charge in [0, 0.05) is 31.7 Å². The first kappa shape index (κ1) is 21.5. The summed E-state index contributed by atoms with van der Waals surface area (Å²) in [7, 11) is -1.76. The molecule has 0 spiro atoms. The second kappa shape index (κ2) is 9.09. The van der Waals surface area contributed by atoms with Crippen LogP contribution in [0.3, 0.4) is 0 Å². The fraction of sp³-hybridized carbons (Fsp3) is 0.435. The fourth-order valence-electron chi connectivity index (χ4n) is 3.78. The Morgan fingerprint density at radius 2 is 1.66 bits per heavy atom. The van der Waals surface area contributed by atoms with Crippen LogP contribution >= 0.6 is 0 Å². The van der Waals surface area contributed by atoms with Crippen molar-refractivity contribution in [3.63, 3.8) is 0 Å². The third-order valence-electron chi connectivity index (χ3n) is 5.65. The van der Waals surface area contributed by atoms with Crippen molar-refractivity contribution in [3.8, 4) is 0 Å². The van der Waals surface area contributed by atoms with E-state index in [0.29, 0.717) is 18.7 Å². The highest BCUT2D eigenvalue weighted by molar-refractivity contribution is 7.89. The van der Waals surface area contributed by atoms with E-state index in [0.717, 1.165) is 31.2 Å². The van der Waals surface area contributed by atoms with Crippen LogP contribution in [0.5, 0.6) is 0 Å². The van der Waals surface area contributed by atoms with Crippen LogP contribution in [0.25, 0.3) is 0 Å². The molecule has 1 aliphatic rings. The summed E-state index contributed by atoms with van der Waals surface area (Å²) < 4.78 is 27.5. The molecule has 1 heterocycles. The zero-order valence-electron chi connectivity index (χ0n) is 17.5. The monoisotopic (exact) mass is 414 g/mol. The zero-order chi connectivity index (χ0) is 21.0. The molecule has 5 nitrogen and oxygen atoms in total. The summed E-state index contributed by atoms with van der Waals surface area (Å²) >= 11 is 0. The summed E-state index contributed by atoms with van der Waals surface area (Å²) in [6.07, 6.45) is 3.83. The molecule has 1 unspecified atom stereocenters. The number of aryl methyl sites for hydroxylation is 1. The van der Waals surface area contributed by atoms with Crippen molar-refractivity contribution in [1.82, 2.24) is 9.21 Å². The lowest BCUT2D eigenvalue weighted by atomic mass is 10.1. The standard InChI is InChI=1S/C23H30N2O3S/c1-4-19-8-10-20(11-9-19)17-24(3)23(26)21-12-14-22(15-13-21)29(27,28)25-16-6-5-7-18(25)2/h8-15,18H,4-7,16-17H2,1-3H3. The largest absolute Gasteiger partial charge is 0.337 e. The van der Waals surface area contributed by atoms with Crippen molar-refractivity contribution < 1.29 is 13.2 Å². The molecule has 0 N–H and O–H groups in total. The Morgan fingerprint density at radius 1 is 1.03 bits per heavy atom. The minimum Gasteiger partial charge on any atom is -0.337 e. The quantitative estimate of drug-likeness (QED) is 0.715. The summed E-state index contributed by atoms with van der Waals surface area (Å²) in [5.41, 5.74) is 2.82. The molecule has 1 atom stereocenters. The molecule has 1 fully saturated rings. The van der Waals surface area contributed by atoms with Gasteiger partial charge >= 0.3 is 0 Å². The van der Waals surface area contributed by atoms with Crippen LogP contribution in [0.15, 0.2) is 53.4 Å². The van der Waals surface area contributed by atoms with E-state index < -0.39 is 10.0 Å². The Bertz CT molecular complexity index is 937. The van der Waals surface area contributed by atoms with Crippen molar-refractivity contribution in [2.24, 2.45) is 0 Å². The lowest BCUT2D eigenvalue weighted by Crippen LogP contribution is -2.41. The van der Waals surface area contributed by atoms with E-state index >= 15 is 0 Å². The molecule has 29 heavy (non-hydrogen) atoms. The predicted octanol–water partition coefficient (Wildman–Crippen LogP) is 4.08. The van der Waals surface area contributed by atoms with E-state index in [2.05, 4.69) is 19.1 Å². The van der Waals surface area contributed by atoms with Crippen LogP contribution < -0.4 is 0 Å². The molecule has 1 amide bonds. The topological polar surface area (TPSA) is 57.7 Å². The van der Waals surface area contributed by atoms with Gasteiger partial charge in [-0.2, -0.15) is 4.31 Å². The minimum atomic E-state index is -3.52. The molecule has 1 aliphatic heterocycles. The number of hydrogen-bond acceptors (Lipinski definition) is 3. The maximum Gasteiger partial charge on any atom is 0.253 e. The number of hydrogen-bond donors (Lipinski definition) is 0. The number of benzene rings is 2. The highest BCUT2D eigenvalue weighted by Gasteiger charge is 2.31. The summed E-state index contributed by atoms with van der Waals surface area (Å²) in [6, 6.07) is 14.6. The van der Waals surface area contributed by atoms with Gasteiger partial charge in [0.1, 0.15) is 0 Å². The molecule has 2 aromatic carbocycles. The Morgan fingerprint density at radius 3 is 2.24 bits per heavy atom. The molecule has 0 aliphatic carbocycles. The summed E-state index contributed by atoms with van der Waals surface area (Å²) in [5.74, 6) is -0.125. The summed E-state index contributed by atoms with van der Waals surface area (Å²) in [6.45, 7) is 5.13. The number of carbonyl (C=O) groups excluding carboxylic acids is 1. The first-order valence-corrected chi connectivity index (χ1v) is 11.7. The average Bonchev–Trinajstić information content (AvgIpc) is 2.74. The van der Waals surface area contributed by atoms with Crippen molar-refractivity contribution >= 4 is 15.9 Å². The minimum absolute atomic E-state index is 0.0142. The number of carbonyl (C=O) groups is 1. The van der Waals surface area contributed by atoms with Crippen LogP contribution in [0.4, 0.5) is 0 Å². The van der Waals surface area contributed by atoms with Crippen LogP contribution in [0.1, 0.15) is 54.6 Å². The van der Waals surface area contributed by atoms with Gasteiger partial charge in [0.25, 0.3) is 5.91 Å². The smallest absolute Gasteiger partial charge is 0.253 e. The lowest BCUT2D eigenvalue weighted by molar-refractivity contribution is 0.0785. The van der Waals surface area contributed by atoms with Crippen molar-refractivity contribution in [1.29, 1.82) is 0 Å². The number of nitrogens with zero attached hydrogens (tertiary/aromatic N) is 2. The summed E-state index contributed by atoms with van der Waals surface area (Å²) in [5, 5.41) is 0. The van der Waals surface area contributed by atoms with E-state index in [1.165, 1.54) is 5.56 Å². The highest BCUT2D eigenvalue weighted by Crippen LogP contribution is 2.25. The molecule has 156 valence electrons. The van der Waals surface area contributed by atoms with Gasteiger partial charge in [-0.25, -0.2) is 8.42 Å². The lowest BCUT2D eigenvalue weighted by Gasteiger charge is -2.32. The van der Waals surface area contributed by atoms with Crippen molar-refractivity contribution in [2.45, 2.75) is 57.0 Å². The first-order chi connectivity index (χ1) is 13.8. The number of sulfonamides is 1. The Balaban J connectivity index is 1.70. The van der Waals surface area contributed by atoms with Gasteiger partial charge < -0.3 is 4.90 Å². The maximum atomic E-state index is 12.9. The molecule has 3 rings (SSSR count). The van der Waals surface area contributed by atoms with Crippen LogP contribution in [-0.4, -0.2) is 43.2 Å². The summed E-state index contributed by atoms with van der Waals surface area (Å²) in [4.78, 5) is 14.7. The molecule has 0 bridgehead atoms. The van der Waals surface area contributed by atoms with E-state index in [1.807, 2.05) is 19.1 Å². The van der Waals surface area contributed by atoms with Crippen LogP contribution in [-0.2, 0) is 23.0 Å². The number of rotatable bonds is 6. The van der Waals surface area contributed by atoms with Gasteiger partial charge in [-0.1, -0.05) is 37.6 Å². The predicted molar refractivity (Wildman–Crippen MR) is 115 cm³/mol. The Hall–Kier alpha value is -2.18. The fourth-order valence-corrected chi connectivity index (χ4v) is 5.48. The van der Waals surface area contributed by atoms with Crippen molar-refractivity contribution in [2.75, 3.05) is 13.6 Å². The molecule has 1 saturated heterocycles. The van der Waals surface area contributed by atoms with Gasteiger partial charge in [-0.15, -0.1) is 0 Å². The van der Waals surface area contributed by atoms with Crippen LogP contribution in [0.2, 0.25) is 0 Å². The Kier molecular flexibility index (Phi) is 6.75. The molecular weight excluding hydrogens is 384 g/mol. The normalized spacial score (nSPS) is 17.8. The van der Waals surface area contributed by atoms with Gasteiger partial charge in [-0.05, 0) is 61.6 Å². The van der Waals surface area contributed by atoms with E-state index in [1.54, 1.807) is 40.5 Å². The van der Waals surface area contributed by atoms with Crippen molar-refractivity contribution in [3.05, 3.63) is 65.2 Å². The zero-order valence-corrected chi connectivity index (χ0v) is 18.3. The first-order valence-electron chi connectivity index (χ1n) is 10.3. The van der Waals surface area contributed by atoms with E-state index in [9.17, 15) is 13.2 Å². The molecule has 0 radical (unpaired) electrons. The second-order valence-corrected chi connectivity index (χ2v) is 9.71. The number of piperidine rings is 1. The molecule has 0 saturated carbocycles. The SMILES string of the molecule is CCc1ccc(CN(C)C(=O)c2ccc(S(=O)(=O)N3CCCCC3C)cc2)cc1. The second-order valence-electron chi connectivity index (χ2n) is 7.82. The van der Waals surface area contributed by atoms with Gasteiger partial charge in [0.05, 0.1) is 4.90 Å². The maximum absolute atomic E-state index is 12.9. The molecule has 2 aromatic rings. The molecular formula is C23H30N2O3S. The molecule has 6 heteroatoms. The number of amides is 1. The van der Waals surface area contributed by atoms with Gasteiger partial charge in [0.15, 0.2) is 0 Å².